The molecule has 5 nitrogen and oxygen atoms in total. The number of sulfonamides is 1. The standard InChI is InChI=1S/C13H18ClNO4S2/c1-10-2-3-11(8-10)9-15-21(18,19)13-6-4-12(5-7-13)20(14,16)17/h4-7,10-11,15H,2-3,8-9H2,1H3. The van der Waals surface area contributed by atoms with Crippen molar-refractivity contribution in [2.75, 3.05) is 6.54 Å². The fourth-order valence-electron chi connectivity index (χ4n) is 2.60. The quantitative estimate of drug-likeness (QED) is 0.825. The molecule has 0 heterocycles. The van der Waals surface area contributed by atoms with Gasteiger partial charge in [0.1, 0.15) is 0 Å². The lowest BCUT2D eigenvalue weighted by molar-refractivity contribution is 0.498. The van der Waals surface area contributed by atoms with E-state index in [-0.39, 0.29) is 9.79 Å². The van der Waals surface area contributed by atoms with Crippen LogP contribution in [0.1, 0.15) is 26.2 Å². The van der Waals surface area contributed by atoms with Crippen molar-refractivity contribution in [3.63, 3.8) is 0 Å². The molecule has 2 unspecified atom stereocenters. The summed E-state index contributed by atoms with van der Waals surface area (Å²) in [7, 11) is -2.26. The smallest absolute Gasteiger partial charge is 0.211 e. The predicted octanol–water partition coefficient (Wildman–Crippen LogP) is 2.33. The van der Waals surface area contributed by atoms with Crippen LogP contribution in [0.4, 0.5) is 0 Å². The monoisotopic (exact) mass is 351 g/mol. The van der Waals surface area contributed by atoms with Crippen molar-refractivity contribution in [1.29, 1.82) is 0 Å². The van der Waals surface area contributed by atoms with Gasteiger partial charge in [-0.1, -0.05) is 13.3 Å². The van der Waals surface area contributed by atoms with Gasteiger partial charge in [0.15, 0.2) is 0 Å². The van der Waals surface area contributed by atoms with Crippen LogP contribution in [0.25, 0.3) is 0 Å². The summed E-state index contributed by atoms with van der Waals surface area (Å²) in [6.45, 7) is 2.59. The fraction of sp³-hybridized carbons (Fsp3) is 0.538. The first-order valence-electron chi connectivity index (χ1n) is 6.73. The molecule has 0 saturated heterocycles. The number of benzene rings is 1. The number of nitrogens with one attached hydrogen (secondary N) is 1. The van der Waals surface area contributed by atoms with Gasteiger partial charge < -0.3 is 0 Å². The molecule has 1 aromatic rings. The molecule has 0 aromatic heterocycles. The zero-order chi connectivity index (χ0) is 15.7. The van der Waals surface area contributed by atoms with E-state index in [2.05, 4.69) is 11.6 Å². The van der Waals surface area contributed by atoms with Crippen LogP contribution >= 0.6 is 10.7 Å². The number of halogens is 1. The Balaban J connectivity index is 2.05. The van der Waals surface area contributed by atoms with E-state index < -0.39 is 19.1 Å². The highest BCUT2D eigenvalue weighted by Gasteiger charge is 2.23. The van der Waals surface area contributed by atoms with Crippen LogP contribution in [0.5, 0.6) is 0 Å². The Kier molecular flexibility index (Phi) is 4.97. The normalized spacial score (nSPS) is 23.3. The molecule has 1 saturated carbocycles. The minimum atomic E-state index is -3.84. The lowest BCUT2D eigenvalue weighted by atomic mass is 10.1. The van der Waals surface area contributed by atoms with Crippen molar-refractivity contribution < 1.29 is 16.8 Å². The van der Waals surface area contributed by atoms with Gasteiger partial charge >= 0.3 is 0 Å². The molecule has 1 aliphatic carbocycles. The average molecular weight is 352 g/mol. The molecule has 1 N–H and O–H groups in total. The molecule has 8 heteroatoms. The molecule has 118 valence electrons. The first kappa shape index (κ1) is 16.7. The molecule has 1 aromatic carbocycles. The van der Waals surface area contributed by atoms with Gasteiger partial charge in [-0.2, -0.15) is 0 Å². The summed E-state index contributed by atoms with van der Waals surface area (Å²) in [6, 6.07) is 4.87. The summed E-state index contributed by atoms with van der Waals surface area (Å²) in [6.07, 6.45) is 3.20. The van der Waals surface area contributed by atoms with Crippen molar-refractivity contribution in [1.82, 2.24) is 4.72 Å². The number of rotatable bonds is 5. The first-order chi connectivity index (χ1) is 9.68. The minimum absolute atomic E-state index is 0.0395. The van der Waals surface area contributed by atoms with E-state index in [9.17, 15) is 16.8 Å². The van der Waals surface area contributed by atoms with E-state index in [4.69, 9.17) is 10.7 Å². The Bertz CT molecular complexity index is 698. The van der Waals surface area contributed by atoms with E-state index in [1.54, 1.807) is 0 Å². The fourth-order valence-corrected chi connectivity index (χ4v) is 4.49. The lowest BCUT2D eigenvalue weighted by Crippen LogP contribution is -2.28. The van der Waals surface area contributed by atoms with Crippen LogP contribution in [0.15, 0.2) is 34.1 Å². The van der Waals surface area contributed by atoms with Gasteiger partial charge in [-0.3, -0.25) is 0 Å². The summed E-state index contributed by atoms with van der Waals surface area (Å²) in [5.74, 6) is 1.02. The molecule has 2 rings (SSSR count). The summed E-state index contributed by atoms with van der Waals surface area (Å²) in [5, 5.41) is 0. The third-order valence-corrected chi connectivity index (χ3v) is 6.59. The molecule has 0 radical (unpaired) electrons. The second-order valence-electron chi connectivity index (χ2n) is 5.55. The van der Waals surface area contributed by atoms with E-state index >= 15 is 0 Å². The van der Waals surface area contributed by atoms with Gasteiger partial charge in [0.2, 0.25) is 10.0 Å². The topological polar surface area (TPSA) is 80.3 Å². The van der Waals surface area contributed by atoms with Gasteiger partial charge in [-0.05, 0) is 48.9 Å². The van der Waals surface area contributed by atoms with Gasteiger partial charge in [0.05, 0.1) is 9.79 Å². The summed E-state index contributed by atoms with van der Waals surface area (Å²) in [4.78, 5) is -0.0784. The van der Waals surface area contributed by atoms with Gasteiger partial charge in [0.25, 0.3) is 9.05 Å². The van der Waals surface area contributed by atoms with Gasteiger partial charge in [0, 0.05) is 17.2 Å². The predicted molar refractivity (Wildman–Crippen MR) is 81.2 cm³/mol. The molecule has 1 aliphatic rings. The van der Waals surface area contributed by atoms with Gasteiger partial charge in [-0.25, -0.2) is 21.6 Å². The highest BCUT2D eigenvalue weighted by molar-refractivity contribution is 8.13. The largest absolute Gasteiger partial charge is 0.261 e. The summed E-state index contributed by atoms with van der Waals surface area (Å²) < 4.78 is 49.1. The summed E-state index contributed by atoms with van der Waals surface area (Å²) in [5.41, 5.74) is 0. The third kappa shape index (κ3) is 4.42. The molecule has 1 fully saturated rings. The average Bonchev–Trinajstić information content (AvgIpc) is 2.82. The zero-order valence-corrected chi connectivity index (χ0v) is 14.0. The Labute approximate surface area is 130 Å². The Hall–Kier alpha value is -0.630. The van der Waals surface area contributed by atoms with E-state index in [1.807, 2.05) is 0 Å². The molecule has 0 bridgehead atoms. The van der Waals surface area contributed by atoms with E-state index in [1.165, 1.54) is 24.3 Å². The highest BCUT2D eigenvalue weighted by Crippen LogP contribution is 2.30. The maximum Gasteiger partial charge on any atom is 0.261 e. The van der Waals surface area contributed by atoms with Crippen molar-refractivity contribution >= 4 is 29.8 Å². The van der Waals surface area contributed by atoms with Gasteiger partial charge in [-0.15, -0.1) is 0 Å². The van der Waals surface area contributed by atoms with Crippen LogP contribution in [0.3, 0.4) is 0 Å². The van der Waals surface area contributed by atoms with Crippen molar-refractivity contribution in [3.8, 4) is 0 Å². The molecular weight excluding hydrogens is 334 g/mol. The van der Waals surface area contributed by atoms with Crippen LogP contribution in [0.2, 0.25) is 0 Å². The SMILES string of the molecule is CC1CCC(CNS(=O)(=O)c2ccc(S(=O)(=O)Cl)cc2)C1. The molecule has 0 aliphatic heterocycles. The van der Waals surface area contributed by atoms with E-state index in [0.29, 0.717) is 18.4 Å². The maximum absolute atomic E-state index is 12.1. The third-order valence-electron chi connectivity index (χ3n) is 3.78. The molecular formula is C13H18ClNO4S2. The second kappa shape index (κ2) is 6.24. The van der Waals surface area contributed by atoms with Crippen molar-refractivity contribution in [3.05, 3.63) is 24.3 Å². The van der Waals surface area contributed by atoms with Crippen LogP contribution in [0, 0.1) is 11.8 Å². The zero-order valence-electron chi connectivity index (χ0n) is 11.6. The molecule has 0 spiro atoms. The first-order valence-corrected chi connectivity index (χ1v) is 10.5. The Morgan fingerprint density at radius 3 is 2.14 bits per heavy atom. The highest BCUT2D eigenvalue weighted by atomic mass is 35.7. The second-order valence-corrected chi connectivity index (χ2v) is 9.88. The van der Waals surface area contributed by atoms with Crippen molar-refractivity contribution in [2.24, 2.45) is 11.8 Å². The lowest BCUT2D eigenvalue weighted by Gasteiger charge is -2.12. The summed E-state index contributed by atoms with van der Waals surface area (Å²) >= 11 is 0. The van der Waals surface area contributed by atoms with Crippen LogP contribution in [-0.4, -0.2) is 23.4 Å². The van der Waals surface area contributed by atoms with Crippen molar-refractivity contribution in [2.45, 2.75) is 36.0 Å². The minimum Gasteiger partial charge on any atom is -0.211 e. The Morgan fingerprint density at radius 2 is 1.67 bits per heavy atom. The number of hydrogen-bond acceptors (Lipinski definition) is 4. The molecule has 21 heavy (non-hydrogen) atoms. The van der Waals surface area contributed by atoms with Crippen LogP contribution in [-0.2, 0) is 19.1 Å². The maximum atomic E-state index is 12.1. The number of hydrogen-bond donors (Lipinski definition) is 1. The molecule has 0 amide bonds. The van der Waals surface area contributed by atoms with Crippen LogP contribution < -0.4 is 4.72 Å². The molecule has 2 atom stereocenters. The Morgan fingerprint density at radius 1 is 1.10 bits per heavy atom. The van der Waals surface area contributed by atoms with E-state index in [0.717, 1.165) is 19.3 Å².